The van der Waals surface area contributed by atoms with Crippen molar-refractivity contribution in [3.8, 4) is 0 Å². The van der Waals surface area contributed by atoms with Crippen molar-refractivity contribution in [3.63, 3.8) is 0 Å². The van der Waals surface area contributed by atoms with Crippen molar-refractivity contribution in [3.05, 3.63) is 33.8 Å². The summed E-state index contributed by atoms with van der Waals surface area (Å²) in [5.41, 5.74) is 1.66. The average molecular weight is 330 g/mol. The highest BCUT2D eigenvalue weighted by Crippen LogP contribution is 2.19. The number of esters is 1. The van der Waals surface area contributed by atoms with Gasteiger partial charge in [-0.2, -0.15) is 0 Å². The number of carbonyl (C=O) groups is 1. The molecule has 1 aromatic rings. The Hall–Kier alpha value is -0.910. The monoisotopic (exact) mass is 329 g/mol. The van der Waals surface area contributed by atoms with Crippen molar-refractivity contribution in [1.82, 2.24) is 5.32 Å². The lowest BCUT2D eigenvalue weighted by molar-refractivity contribution is 0.0600. The summed E-state index contributed by atoms with van der Waals surface area (Å²) >= 11 is 3.47. The summed E-state index contributed by atoms with van der Waals surface area (Å²) in [6, 6.07) is 5.86. The van der Waals surface area contributed by atoms with Gasteiger partial charge >= 0.3 is 5.97 Å². The maximum Gasteiger partial charge on any atom is 0.337 e. The lowest BCUT2D eigenvalue weighted by Gasteiger charge is -2.14. The van der Waals surface area contributed by atoms with E-state index in [0.717, 1.165) is 29.6 Å². The van der Waals surface area contributed by atoms with Crippen LogP contribution in [0.2, 0.25) is 0 Å². The summed E-state index contributed by atoms with van der Waals surface area (Å²) in [5.74, 6) is -0.325. The molecule has 0 aliphatic carbocycles. The second-order valence-electron chi connectivity index (χ2n) is 4.36. The molecule has 19 heavy (non-hydrogen) atoms. The Balaban J connectivity index is 2.57. The standard InChI is InChI=1S/C14H20BrNO3/c1-10(6-7-18-2)16-9-12-5-4-11(8-13(12)15)14(17)19-3/h4-5,8,10,16H,6-7,9H2,1-3H3. The highest BCUT2D eigenvalue weighted by atomic mass is 79.9. The quantitative estimate of drug-likeness (QED) is 0.781. The molecule has 0 radical (unpaired) electrons. The maximum absolute atomic E-state index is 11.4. The van der Waals surface area contributed by atoms with Crippen LogP contribution in [-0.2, 0) is 16.0 Å². The molecule has 5 heteroatoms. The number of ether oxygens (including phenoxy) is 2. The van der Waals surface area contributed by atoms with Gasteiger partial charge in [0.15, 0.2) is 0 Å². The first-order valence-electron chi connectivity index (χ1n) is 6.17. The fourth-order valence-electron chi connectivity index (χ4n) is 1.62. The molecular weight excluding hydrogens is 310 g/mol. The highest BCUT2D eigenvalue weighted by molar-refractivity contribution is 9.10. The van der Waals surface area contributed by atoms with Crippen LogP contribution in [0, 0.1) is 0 Å². The Labute approximate surface area is 122 Å². The molecule has 0 spiro atoms. The first-order valence-corrected chi connectivity index (χ1v) is 6.96. The topological polar surface area (TPSA) is 47.6 Å². The van der Waals surface area contributed by atoms with E-state index in [2.05, 4.69) is 32.9 Å². The Morgan fingerprint density at radius 2 is 2.16 bits per heavy atom. The largest absolute Gasteiger partial charge is 0.465 e. The molecular formula is C14H20BrNO3. The number of carbonyl (C=O) groups excluding carboxylic acids is 1. The summed E-state index contributed by atoms with van der Waals surface area (Å²) in [7, 11) is 3.08. The Morgan fingerprint density at radius 3 is 2.74 bits per heavy atom. The van der Waals surface area contributed by atoms with Crippen molar-refractivity contribution < 1.29 is 14.3 Å². The first kappa shape index (κ1) is 16.1. The normalized spacial score (nSPS) is 12.2. The SMILES string of the molecule is COCCC(C)NCc1ccc(C(=O)OC)cc1Br. The van der Waals surface area contributed by atoms with Crippen molar-refractivity contribution in [2.24, 2.45) is 0 Å². The minimum Gasteiger partial charge on any atom is -0.465 e. The van der Waals surface area contributed by atoms with Gasteiger partial charge in [-0.15, -0.1) is 0 Å². The molecule has 0 heterocycles. The van der Waals surface area contributed by atoms with Gasteiger partial charge in [0, 0.05) is 30.8 Å². The number of nitrogens with one attached hydrogen (secondary N) is 1. The molecule has 106 valence electrons. The average Bonchev–Trinajstić information content (AvgIpc) is 2.42. The molecule has 1 atom stereocenters. The molecule has 1 rings (SSSR count). The Morgan fingerprint density at radius 1 is 1.42 bits per heavy atom. The molecule has 4 nitrogen and oxygen atoms in total. The van der Waals surface area contributed by atoms with Crippen molar-refractivity contribution in [2.45, 2.75) is 25.9 Å². The summed E-state index contributed by atoms with van der Waals surface area (Å²) in [6.07, 6.45) is 0.967. The molecule has 0 saturated heterocycles. The van der Waals surface area contributed by atoms with Crippen LogP contribution in [0.3, 0.4) is 0 Å². The van der Waals surface area contributed by atoms with E-state index in [1.54, 1.807) is 19.2 Å². The van der Waals surface area contributed by atoms with E-state index < -0.39 is 0 Å². The van der Waals surface area contributed by atoms with Gasteiger partial charge < -0.3 is 14.8 Å². The lowest BCUT2D eigenvalue weighted by Crippen LogP contribution is -2.26. The van der Waals surface area contributed by atoms with Crippen LogP contribution >= 0.6 is 15.9 Å². The van der Waals surface area contributed by atoms with Gasteiger partial charge in [0.1, 0.15) is 0 Å². The minimum absolute atomic E-state index is 0.325. The van der Waals surface area contributed by atoms with Crippen LogP contribution in [0.25, 0.3) is 0 Å². The first-order chi connectivity index (χ1) is 9.08. The molecule has 0 saturated carbocycles. The molecule has 0 bridgehead atoms. The van der Waals surface area contributed by atoms with Crippen LogP contribution < -0.4 is 5.32 Å². The third kappa shape index (κ3) is 5.30. The summed E-state index contributed by atoms with van der Waals surface area (Å²) in [4.78, 5) is 11.4. The molecule has 0 aliphatic heterocycles. The van der Waals surface area contributed by atoms with E-state index in [-0.39, 0.29) is 5.97 Å². The third-order valence-corrected chi connectivity index (χ3v) is 3.61. The number of rotatable bonds is 7. The van der Waals surface area contributed by atoms with Gasteiger partial charge in [-0.3, -0.25) is 0 Å². The molecule has 1 unspecified atom stereocenters. The molecule has 1 N–H and O–H groups in total. The van der Waals surface area contributed by atoms with Gasteiger partial charge in [-0.1, -0.05) is 22.0 Å². The predicted octanol–water partition coefficient (Wildman–Crippen LogP) is 2.75. The second kappa shape index (κ2) is 8.30. The Kier molecular flexibility index (Phi) is 7.05. The van der Waals surface area contributed by atoms with E-state index >= 15 is 0 Å². The van der Waals surface area contributed by atoms with Gasteiger partial charge in [0.25, 0.3) is 0 Å². The van der Waals surface area contributed by atoms with Crippen LogP contribution in [0.1, 0.15) is 29.3 Å². The number of benzene rings is 1. The van der Waals surface area contributed by atoms with Gasteiger partial charge in [0.05, 0.1) is 12.7 Å². The highest BCUT2D eigenvalue weighted by Gasteiger charge is 2.09. The van der Waals surface area contributed by atoms with Crippen LogP contribution in [0.4, 0.5) is 0 Å². The van der Waals surface area contributed by atoms with Gasteiger partial charge in [-0.05, 0) is 31.0 Å². The van der Waals surface area contributed by atoms with Crippen LogP contribution in [0.15, 0.2) is 22.7 Å². The molecule has 0 fully saturated rings. The third-order valence-electron chi connectivity index (χ3n) is 2.87. The molecule has 1 aromatic carbocycles. The van der Waals surface area contributed by atoms with E-state index in [0.29, 0.717) is 11.6 Å². The summed E-state index contributed by atoms with van der Waals surface area (Å²) < 4.78 is 10.6. The maximum atomic E-state index is 11.4. The van der Waals surface area contributed by atoms with Crippen LogP contribution in [-0.4, -0.2) is 32.8 Å². The zero-order valence-electron chi connectivity index (χ0n) is 11.5. The van der Waals surface area contributed by atoms with Crippen molar-refractivity contribution >= 4 is 21.9 Å². The zero-order valence-corrected chi connectivity index (χ0v) is 13.1. The van der Waals surface area contributed by atoms with Crippen LogP contribution in [0.5, 0.6) is 0 Å². The van der Waals surface area contributed by atoms with Crippen molar-refractivity contribution in [1.29, 1.82) is 0 Å². The van der Waals surface area contributed by atoms with E-state index in [9.17, 15) is 4.79 Å². The summed E-state index contributed by atoms with van der Waals surface area (Å²) in [6.45, 7) is 3.61. The molecule has 0 amide bonds. The van der Waals surface area contributed by atoms with E-state index in [1.807, 2.05) is 6.07 Å². The van der Waals surface area contributed by atoms with Gasteiger partial charge in [0.2, 0.25) is 0 Å². The predicted molar refractivity (Wildman–Crippen MR) is 78.3 cm³/mol. The van der Waals surface area contributed by atoms with E-state index in [1.165, 1.54) is 7.11 Å². The zero-order chi connectivity index (χ0) is 14.3. The second-order valence-corrected chi connectivity index (χ2v) is 5.22. The molecule has 0 aromatic heterocycles. The fourth-order valence-corrected chi connectivity index (χ4v) is 2.14. The van der Waals surface area contributed by atoms with E-state index in [4.69, 9.17) is 4.74 Å². The van der Waals surface area contributed by atoms with Crippen molar-refractivity contribution in [2.75, 3.05) is 20.8 Å². The number of methoxy groups -OCH3 is 2. The number of hydrogen-bond acceptors (Lipinski definition) is 4. The minimum atomic E-state index is -0.325. The summed E-state index contributed by atoms with van der Waals surface area (Å²) in [5, 5.41) is 3.41. The Bertz CT molecular complexity index is 423. The fraction of sp³-hybridized carbons (Fsp3) is 0.500. The number of halogens is 1. The van der Waals surface area contributed by atoms with Gasteiger partial charge in [-0.25, -0.2) is 4.79 Å². The molecule has 0 aliphatic rings. The lowest BCUT2D eigenvalue weighted by atomic mass is 10.1. The smallest absolute Gasteiger partial charge is 0.337 e. The number of hydrogen-bond donors (Lipinski definition) is 1.